The highest BCUT2D eigenvalue weighted by atomic mass is 16.4. The Bertz CT molecular complexity index is 556. The second kappa shape index (κ2) is 4.73. The highest BCUT2D eigenvalue weighted by Crippen LogP contribution is 2.14. The first-order valence-corrected chi connectivity index (χ1v) is 5.58. The first kappa shape index (κ1) is 11.9. The van der Waals surface area contributed by atoms with Crippen molar-refractivity contribution in [2.45, 2.75) is 12.5 Å². The number of likely N-dealkylation sites (N-methyl/N-ethyl adjacent to an activating group) is 1. The highest BCUT2D eigenvalue weighted by Gasteiger charge is 2.11. The summed E-state index contributed by atoms with van der Waals surface area (Å²) in [5.41, 5.74) is 8.16. The highest BCUT2D eigenvalue weighted by molar-refractivity contribution is 5.72. The molecule has 1 aromatic heterocycles. The lowest BCUT2D eigenvalue weighted by atomic mass is 10.0. The average molecular weight is 235 g/mol. The van der Waals surface area contributed by atoms with E-state index in [9.17, 15) is 4.79 Å². The van der Waals surface area contributed by atoms with E-state index in [0.717, 1.165) is 17.5 Å². The number of oxazole rings is 1. The molecule has 92 valence electrons. The Hall–Kier alpha value is -1.59. The molecular weight excluding hydrogens is 218 g/mol. The van der Waals surface area contributed by atoms with Gasteiger partial charge in [-0.25, -0.2) is 4.79 Å². The fraction of sp³-hybridized carbons (Fsp3) is 0.417. The van der Waals surface area contributed by atoms with Crippen LogP contribution in [-0.4, -0.2) is 36.6 Å². The molecule has 1 heterocycles. The molecular formula is C12H17N3O2. The van der Waals surface area contributed by atoms with Crippen LogP contribution in [0.3, 0.4) is 0 Å². The number of aromatic amines is 1. The van der Waals surface area contributed by atoms with E-state index in [1.54, 1.807) is 0 Å². The average Bonchev–Trinajstić information content (AvgIpc) is 2.64. The molecule has 0 aliphatic rings. The molecule has 0 spiro atoms. The van der Waals surface area contributed by atoms with Crippen molar-refractivity contribution in [3.05, 3.63) is 34.3 Å². The number of rotatable bonds is 4. The molecule has 0 saturated carbocycles. The maximum absolute atomic E-state index is 11.0. The summed E-state index contributed by atoms with van der Waals surface area (Å²) < 4.78 is 5.03. The molecule has 17 heavy (non-hydrogen) atoms. The van der Waals surface area contributed by atoms with Crippen molar-refractivity contribution in [3.8, 4) is 0 Å². The quantitative estimate of drug-likeness (QED) is 0.811. The van der Waals surface area contributed by atoms with Gasteiger partial charge in [-0.3, -0.25) is 4.98 Å². The topological polar surface area (TPSA) is 75.3 Å². The van der Waals surface area contributed by atoms with E-state index in [-0.39, 0.29) is 6.04 Å². The number of hydrogen-bond donors (Lipinski definition) is 2. The van der Waals surface area contributed by atoms with E-state index < -0.39 is 5.76 Å². The van der Waals surface area contributed by atoms with Gasteiger partial charge in [0.15, 0.2) is 5.58 Å². The van der Waals surface area contributed by atoms with Gasteiger partial charge in [0.2, 0.25) is 0 Å². The number of H-pyrrole nitrogens is 1. The summed E-state index contributed by atoms with van der Waals surface area (Å²) in [6, 6.07) is 6.02. The molecule has 0 saturated heterocycles. The predicted molar refractivity (Wildman–Crippen MR) is 67.1 cm³/mol. The van der Waals surface area contributed by atoms with Crippen LogP contribution in [0, 0.1) is 0 Å². The Balaban J connectivity index is 2.26. The molecule has 0 fully saturated rings. The van der Waals surface area contributed by atoms with Crippen molar-refractivity contribution < 1.29 is 4.42 Å². The smallest absolute Gasteiger partial charge is 0.408 e. The van der Waals surface area contributed by atoms with Gasteiger partial charge >= 0.3 is 5.76 Å². The second-order valence-electron chi connectivity index (χ2n) is 4.40. The van der Waals surface area contributed by atoms with Crippen LogP contribution in [0.5, 0.6) is 0 Å². The maximum Gasteiger partial charge on any atom is 0.417 e. The summed E-state index contributed by atoms with van der Waals surface area (Å²) >= 11 is 0. The van der Waals surface area contributed by atoms with E-state index in [0.29, 0.717) is 12.1 Å². The van der Waals surface area contributed by atoms with Crippen LogP contribution in [0.4, 0.5) is 0 Å². The SMILES string of the molecule is CN(C)[C@H](CN)Cc1ccc2[nH]c(=O)oc2c1. The van der Waals surface area contributed by atoms with Gasteiger partial charge < -0.3 is 15.1 Å². The minimum absolute atomic E-state index is 0.290. The van der Waals surface area contributed by atoms with Crippen molar-refractivity contribution in [2.75, 3.05) is 20.6 Å². The van der Waals surface area contributed by atoms with E-state index in [4.69, 9.17) is 10.2 Å². The first-order chi connectivity index (χ1) is 8.10. The lowest BCUT2D eigenvalue weighted by Gasteiger charge is -2.22. The predicted octanol–water partition coefficient (Wildman–Crippen LogP) is 0.553. The second-order valence-corrected chi connectivity index (χ2v) is 4.40. The van der Waals surface area contributed by atoms with Crippen molar-refractivity contribution in [1.82, 2.24) is 9.88 Å². The molecule has 0 amide bonds. The standard InChI is InChI=1S/C12H17N3O2/c1-15(2)9(7-13)5-8-3-4-10-11(6-8)17-12(16)14-10/h3-4,6,9H,5,7,13H2,1-2H3,(H,14,16)/t9-/m0/s1. The first-order valence-electron chi connectivity index (χ1n) is 5.58. The molecule has 0 radical (unpaired) electrons. The number of benzene rings is 1. The molecule has 2 rings (SSSR count). The fourth-order valence-electron chi connectivity index (χ4n) is 1.87. The van der Waals surface area contributed by atoms with E-state index in [1.807, 2.05) is 32.3 Å². The Morgan fingerprint density at radius 3 is 2.88 bits per heavy atom. The monoisotopic (exact) mass is 235 g/mol. The summed E-state index contributed by atoms with van der Waals surface area (Å²) in [5.74, 6) is -0.417. The van der Waals surface area contributed by atoms with Crippen LogP contribution in [0.15, 0.2) is 27.4 Å². The Morgan fingerprint density at radius 2 is 2.24 bits per heavy atom. The molecule has 0 bridgehead atoms. The van der Waals surface area contributed by atoms with Gasteiger partial charge in [-0.15, -0.1) is 0 Å². The van der Waals surface area contributed by atoms with Crippen LogP contribution in [-0.2, 0) is 6.42 Å². The largest absolute Gasteiger partial charge is 0.417 e. The molecule has 0 aliphatic carbocycles. The summed E-state index contributed by atoms with van der Waals surface area (Å²) in [6.07, 6.45) is 0.842. The number of nitrogens with one attached hydrogen (secondary N) is 1. The Morgan fingerprint density at radius 1 is 1.47 bits per heavy atom. The van der Waals surface area contributed by atoms with Gasteiger partial charge in [0.1, 0.15) is 0 Å². The van der Waals surface area contributed by atoms with Crippen molar-refractivity contribution >= 4 is 11.1 Å². The lowest BCUT2D eigenvalue weighted by molar-refractivity contribution is 0.298. The van der Waals surface area contributed by atoms with Gasteiger partial charge in [-0.1, -0.05) is 6.07 Å². The number of nitrogens with two attached hydrogens (primary N) is 1. The Kier molecular flexibility index (Phi) is 3.31. The van der Waals surface area contributed by atoms with E-state index >= 15 is 0 Å². The van der Waals surface area contributed by atoms with Gasteiger partial charge in [0.05, 0.1) is 5.52 Å². The third-order valence-corrected chi connectivity index (χ3v) is 2.96. The number of nitrogens with zero attached hydrogens (tertiary/aromatic N) is 1. The van der Waals surface area contributed by atoms with Crippen LogP contribution >= 0.6 is 0 Å². The van der Waals surface area contributed by atoms with Crippen LogP contribution in [0.2, 0.25) is 0 Å². The number of aromatic nitrogens is 1. The zero-order valence-corrected chi connectivity index (χ0v) is 10.1. The third kappa shape index (κ3) is 2.57. The van der Waals surface area contributed by atoms with Crippen LogP contribution in [0.25, 0.3) is 11.1 Å². The maximum atomic E-state index is 11.0. The minimum Gasteiger partial charge on any atom is -0.408 e. The van der Waals surface area contributed by atoms with E-state index in [2.05, 4.69) is 9.88 Å². The molecule has 3 N–H and O–H groups in total. The van der Waals surface area contributed by atoms with Crippen LogP contribution in [0.1, 0.15) is 5.56 Å². The summed E-state index contributed by atoms with van der Waals surface area (Å²) in [5, 5.41) is 0. The normalized spacial score (nSPS) is 13.4. The molecule has 1 atom stereocenters. The number of fused-ring (bicyclic) bond motifs is 1. The summed E-state index contributed by atoms with van der Waals surface area (Å²) in [7, 11) is 4.01. The van der Waals surface area contributed by atoms with Crippen molar-refractivity contribution in [3.63, 3.8) is 0 Å². The summed E-state index contributed by atoms with van der Waals surface area (Å²) in [6.45, 7) is 0.599. The molecule has 5 heteroatoms. The van der Waals surface area contributed by atoms with Gasteiger partial charge in [-0.2, -0.15) is 0 Å². The van der Waals surface area contributed by atoms with Gasteiger partial charge in [0, 0.05) is 12.6 Å². The fourth-order valence-corrected chi connectivity index (χ4v) is 1.87. The third-order valence-electron chi connectivity index (χ3n) is 2.96. The van der Waals surface area contributed by atoms with Gasteiger partial charge in [0.25, 0.3) is 0 Å². The zero-order valence-electron chi connectivity index (χ0n) is 10.1. The molecule has 0 unspecified atom stereocenters. The van der Waals surface area contributed by atoms with E-state index in [1.165, 1.54) is 0 Å². The van der Waals surface area contributed by atoms with Gasteiger partial charge in [-0.05, 0) is 38.2 Å². The summed E-state index contributed by atoms with van der Waals surface area (Å²) in [4.78, 5) is 15.7. The molecule has 5 nitrogen and oxygen atoms in total. The zero-order chi connectivity index (χ0) is 12.4. The minimum atomic E-state index is -0.417. The number of hydrogen-bond acceptors (Lipinski definition) is 4. The van der Waals surface area contributed by atoms with Crippen molar-refractivity contribution in [2.24, 2.45) is 5.73 Å². The molecule has 0 aliphatic heterocycles. The van der Waals surface area contributed by atoms with Crippen LogP contribution < -0.4 is 11.5 Å². The lowest BCUT2D eigenvalue weighted by Crippen LogP contribution is -2.36. The van der Waals surface area contributed by atoms with Crippen molar-refractivity contribution in [1.29, 1.82) is 0 Å². The molecule has 2 aromatic rings. The molecule has 1 aromatic carbocycles. The Labute approximate surface area is 99.2 Å².